The fraction of sp³-hybridized carbons (Fsp3) is 0.538. The first kappa shape index (κ1) is 13.5. The average molecular weight is 286 g/mol. The van der Waals surface area contributed by atoms with E-state index in [0.717, 1.165) is 31.1 Å². The van der Waals surface area contributed by atoms with Gasteiger partial charge in [0.25, 0.3) is 0 Å². The van der Waals surface area contributed by atoms with Crippen LogP contribution in [0.25, 0.3) is 0 Å². The molecule has 0 heterocycles. The summed E-state index contributed by atoms with van der Waals surface area (Å²) in [5, 5.41) is 9.80. The molecule has 0 saturated heterocycles. The molecule has 3 heteroatoms. The summed E-state index contributed by atoms with van der Waals surface area (Å²) < 4.78 is 0. The number of hydrogen-bond acceptors (Lipinski definition) is 2. The van der Waals surface area contributed by atoms with Crippen molar-refractivity contribution in [3.8, 4) is 0 Å². The zero-order chi connectivity index (χ0) is 11.8. The summed E-state index contributed by atoms with van der Waals surface area (Å²) in [5.41, 5.74) is 2.56. The molecule has 0 amide bonds. The van der Waals surface area contributed by atoms with Crippen molar-refractivity contribution in [1.29, 1.82) is 0 Å². The van der Waals surface area contributed by atoms with Crippen molar-refractivity contribution in [2.45, 2.75) is 19.3 Å². The Bertz CT molecular complexity index is 286. The van der Waals surface area contributed by atoms with Crippen LogP contribution in [0.5, 0.6) is 0 Å². The third-order valence-electron chi connectivity index (χ3n) is 2.63. The maximum Gasteiger partial charge on any atom is 0.0434 e. The van der Waals surface area contributed by atoms with Crippen LogP contribution < -0.4 is 4.90 Å². The number of nitrogens with zero attached hydrogens (tertiary/aromatic N) is 1. The molecule has 0 unspecified atom stereocenters. The molecule has 1 aromatic rings. The second-order valence-corrected chi connectivity index (χ2v) is 4.75. The van der Waals surface area contributed by atoms with Gasteiger partial charge in [-0.2, -0.15) is 0 Å². The zero-order valence-electron chi connectivity index (χ0n) is 9.82. The Kier molecular flexibility index (Phi) is 6.50. The number of rotatable bonds is 7. The zero-order valence-corrected chi connectivity index (χ0v) is 11.4. The van der Waals surface area contributed by atoms with Gasteiger partial charge in [-0.05, 0) is 37.0 Å². The van der Waals surface area contributed by atoms with Gasteiger partial charge in [0.1, 0.15) is 0 Å². The standard InChI is InChI=1S/C13H20BrNO/c1-15(10-3-9-14)13-7-5-12(6-8-13)4-2-11-16/h5-8,16H,2-4,9-11H2,1H3. The van der Waals surface area contributed by atoms with E-state index >= 15 is 0 Å². The van der Waals surface area contributed by atoms with Crippen LogP contribution in [0, 0.1) is 0 Å². The highest BCUT2D eigenvalue weighted by atomic mass is 79.9. The van der Waals surface area contributed by atoms with E-state index in [-0.39, 0.29) is 6.61 Å². The molecule has 2 nitrogen and oxygen atoms in total. The summed E-state index contributed by atoms with van der Waals surface area (Å²) in [5.74, 6) is 0. The van der Waals surface area contributed by atoms with Crippen LogP contribution in [0.2, 0.25) is 0 Å². The molecule has 0 saturated carbocycles. The number of hydrogen-bond donors (Lipinski definition) is 1. The van der Waals surface area contributed by atoms with Crippen molar-refractivity contribution in [2.75, 3.05) is 30.4 Å². The van der Waals surface area contributed by atoms with E-state index in [1.807, 2.05) is 0 Å². The molecule has 90 valence electrons. The van der Waals surface area contributed by atoms with Crippen molar-refractivity contribution in [3.05, 3.63) is 29.8 Å². The molecular weight excluding hydrogens is 266 g/mol. The lowest BCUT2D eigenvalue weighted by Gasteiger charge is -2.18. The molecule has 0 aliphatic heterocycles. The number of benzene rings is 1. The third-order valence-corrected chi connectivity index (χ3v) is 3.19. The minimum atomic E-state index is 0.271. The Morgan fingerprint density at radius 1 is 1.19 bits per heavy atom. The predicted octanol–water partition coefficient (Wildman–Crippen LogP) is 2.83. The minimum Gasteiger partial charge on any atom is -0.396 e. The van der Waals surface area contributed by atoms with Crippen LogP contribution in [0.15, 0.2) is 24.3 Å². The molecule has 0 fully saturated rings. The fourth-order valence-corrected chi connectivity index (χ4v) is 1.88. The van der Waals surface area contributed by atoms with Crippen LogP contribution in [0.3, 0.4) is 0 Å². The third kappa shape index (κ3) is 4.54. The number of halogens is 1. The van der Waals surface area contributed by atoms with Crippen LogP contribution >= 0.6 is 15.9 Å². The maximum atomic E-state index is 8.75. The molecule has 0 spiro atoms. The van der Waals surface area contributed by atoms with Gasteiger partial charge in [0.15, 0.2) is 0 Å². The molecule has 0 bridgehead atoms. The van der Waals surface area contributed by atoms with Crippen LogP contribution in [-0.4, -0.2) is 30.6 Å². The van der Waals surface area contributed by atoms with Crippen molar-refractivity contribution in [2.24, 2.45) is 0 Å². The van der Waals surface area contributed by atoms with Crippen molar-refractivity contribution in [3.63, 3.8) is 0 Å². The Labute approximate surface area is 106 Å². The van der Waals surface area contributed by atoms with Gasteiger partial charge in [0, 0.05) is 31.2 Å². The number of alkyl halides is 1. The van der Waals surface area contributed by atoms with E-state index in [9.17, 15) is 0 Å². The number of anilines is 1. The summed E-state index contributed by atoms with van der Waals surface area (Å²) in [7, 11) is 2.12. The van der Waals surface area contributed by atoms with Crippen molar-refractivity contribution in [1.82, 2.24) is 0 Å². The van der Waals surface area contributed by atoms with Gasteiger partial charge in [-0.1, -0.05) is 28.1 Å². The first-order valence-electron chi connectivity index (χ1n) is 5.75. The number of aliphatic hydroxyl groups excluding tert-OH is 1. The van der Waals surface area contributed by atoms with Gasteiger partial charge in [-0.15, -0.1) is 0 Å². The van der Waals surface area contributed by atoms with E-state index < -0.39 is 0 Å². The molecule has 0 atom stereocenters. The van der Waals surface area contributed by atoms with E-state index in [0.29, 0.717) is 0 Å². The molecule has 0 aromatic heterocycles. The average Bonchev–Trinajstić information content (AvgIpc) is 2.34. The van der Waals surface area contributed by atoms with Gasteiger partial charge in [0.05, 0.1) is 0 Å². The first-order chi connectivity index (χ1) is 7.77. The topological polar surface area (TPSA) is 23.5 Å². The first-order valence-corrected chi connectivity index (χ1v) is 6.87. The summed E-state index contributed by atoms with van der Waals surface area (Å²) >= 11 is 3.44. The molecule has 16 heavy (non-hydrogen) atoms. The summed E-state index contributed by atoms with van der Waals surface area (Å²) in [4.78, 5) is 2.26. The van der Waals surface area contributed by atoms with E-state index in [1.165, 1.54) is 11.3 Å². The predicted molar refractivity (Wildman–Crippen MR) is 73.5 cm³/mol. The second-order valence-electron chi connectivity index (χ2n) is 3.96. The molecule has 0 radical (unpaired) electrons. The van der Waals surface area contributed by atoms with Crippen LogP contribution in [0.4, 0.5) is 5.69 Å². The lowest BCUT2D eigenvalue weighted by molar-refractivity contribution is 0.288. The minimum absolute atomic E-state index is 0.271. The van der Waals surface area contributed by atoms with Gasteiger partial charge < -0.3 is 10.0 Å². The van der Waals surface area contributed by atoms with Crippen molar-refractivity contribution < 1.29 is 5.11 Å². The Morgan fingerprint density at radius 3 is 2.44 bits per heavy atom. The Balaban J connectivity index is 2.49. The smallest absolute Gasteiger partial charge is 0.0434 e. The summed E-state index contributed by atoms with van der Waals surface area (Å²) in [6.45, 7) is 1.34. The Morgan fingerprint density at radius 2 is 1.88 bits per heavy atom. The molecule has 1 aromatic carbocycles. The monoisotopic (exact) mass is 285 g/mol. The SMILES string of the molecule is CN(CCCBr)c1ccc(CCCO)cc1. The van der Waals surface area contributed by atoms with Gasteiger partial charge in [-0.25, -0.2) is 0 Å². The van der Waals surface area contributed by atoms with E-state index in [1.54, 1.807) is 0 Å². The molecule has 0 aliphatic carbocycles. The maximum absolute atomic E-state index is 8.75. The highest BCUT2D eigenvalue weighted by molar-refractivity contribution is 9.09. The summed E-state index contributed by atoms with van der Waals surface area (Å²) in [6.07, 6.45) is 2.96. The van der Waals surface area contributed by atoms with Gasteiger partial charge >= 0.3 is 0 Å². The normalized spacial score (nSPS) is 10.4. The molecular formula is C13H20BrNO. The number of aryl methyl sites for hydroxylation is 1. The van der Waals surface area contributed by atoms with Crippen LogP contribution in [0.1, 0.15) is 18.4 Å². The van der Waals surface area contributed by atoms with Gasteiger partial charge in [0.2, 0.25) is 0 Å². The van der Waals surface area contributed by atoms with Crippen molar-refractivity contribution >= 4 is 21.6 Å². The van der Waals surface area contributed by atoms with E-state index in [4.69, 9.17) is 5.11 Å². The fourth-order valence-electron chi connectivity index (χ4n) is 1.63. The lowest BCUT2D eigenvalue weighted by Crippen LogP contribution is -2.18. The van der Waals surface area contributed by atoms with Crippen LogP contribution in [-0.2, 0) is 6.42 Å². The molecule has 0 aliphatic rings. The molecule has 1 N–H and O–H groups in total. The van der Waals surface area contributed by atoms with E-state index in [2.05, 4.69) is 52.1 Å². The largest absolute Gasteiger partial charge is 0.396 e. The quantitative estimate of drug-likeness (QED) is 0.779. The number of aliphatic hydroxyl groups is 1. The molecule has 1 rings (SSSR count). The second kappa shape index (κ2) is 7.69. The lowest BCUT2D eigenvalue weighted by atomic mass is 10.1. The summed E-state index contributed by atoms with van der Waals surface area (Å²) in [6, 6.07) is 8.60. The Hall–Kier alpha value is -0.540. The highest BCUT2D eigenvalue weighted by Gasteiger charge is 2.00. The highest BCUT2D eigenvalue weighted by Crippen LogP contribution is 2.15. The van der Waals surface area contributed by atoms with Gasteiger partial charge in [-0.3, -0.25) is 0 Å².